The van der Waals surface area contributed by atoms with Crippen molar-refractivity contribution in [2.45, 2.75) is 52.0 Å². The van der Waals surface area contributed by atoms with Crippen LogP contribution in [0.1, 0.15) is 52.0 Å². The average Bonchev–Trinajstić information content (AvgIpc) is 3.04. The highest BCUT2D eigenvalue weighted by atomic mass is 16.5. The van der Waals surface area contributed by atoms with E-state index in [2.05, 4.69) is 37.5 Å². The van der Waals surface area contributed by atoms with E-state index in [1.54, 1.807) is 24.3 Å². The lowest BCUT2D eigenvalue weighted by atomic mass is 9.67. The minimum atomic E-state index is -0.913. The van der Waals surface area contributed by atoms with Crippen molar-refractivity contribution in [1.29, 1.82) is 5.26 Å². The van der Waals surface area contributed by atoms with Gasteiger partial charge in [-0.25, -0.2) is 4.79 Å². The summed E-state index contributed by atoms with van der Waals surface area (Å²) in [4.78, 5) is 39.4. The third-order valence-corrected chi connectivity index (χ3v) is 6.97. The predicted molar refractivity (Wildman–Crippen MR) is 131 cm³/mol. The molecule has 182 valence electrons. The summed E-state index contributed by atoms with van der Waals surface area (Å²) in [7, 11) is 0. The van der Waals surface area contributed by atoms with Crippen molar-refractivity contribution in [3.05, 3.63) is 54.1 Å². The second kappa shape index (κ2) is 9.41. The number of urea groups is 1. The Kier molecular flexibility index (Phi) is 6.53. The molecule has 4 rings (SSSR count). The molecule has 1 aliphatic heterocycles. The van der Waals surface area contributed by atoms with Crippen LogP contribution in [0, 0.1) is 22.7 Å². The van der Waals surface area contributed by atoms with E-state index in [4.69, 9.17) is 4.74 Å². The zero-order valence-corrected chi connectivity index (χ0v) is 20.3. The molecule has 0 atom stereocenters. The lowest BCUT2D eigenvalue weighted by Crippen LogP contribution is -2.50. The van der Waals surface area contributed by atoms with Crippen molar-refractivity contribution in [3.63, 3.8) is 0 Å². The van der Waals surface area contributed by atoms with Gasteiger partial charge < -0.3 is 15.4 Å². The second-order valence-electron chi connectivity index (χ2n) is 10.3. The molecular weight excluding hydrogens is 444 g/mol. The van der Waals surface area contributed by atoms with Crippen LogP contribution in [-0.4, -0.2) is 34.8 Å². The van der Waals surface area contributed by atoms with Crippen LogP contribution in [0.15, 0.2) is 48.5 Å². The molecule has 2 aromatic carbocycles. The van der Waals surface area contributed by atoms with E-state index < -0.39 is 17.5 Å². The second-order valence-corrected chi connectivity index (χ2v) is 10.3. The molecule has 35 heavy (non-hydrogen) atoms. The van der Waals surface area contributed by atoms with Gasteiger partial charge in [0, 0.05) is 5.69 Å². The van der Waals surface area contributed by atoms with Gasteiger partial charge in [-0.2, -0.15) is 5.26 Å². The fraction of sp³-hybridized carbons (Fsp3) is 0.407. The first-order valence-corrected chi connectivity index (χ1v) is 11.8. The van der Waals surface area contributed by atoms with Gasteiger partial charge in [0.15, 0.2) is 0 Å². The van der Waals surface area contributed by atoms with Crippen molar-refractivity contribution in [2.75, 3.05) is 11.9 Å². The van der Waals surface area contributed by atoms with Crippen LogP contribution in [0.25, 0.3) is 0 Å². The smallest absolute Gasteiger partial charge is 0.325 e. The van der Waals surface area contributed by atoms with E-state index in [-0.39, 0.29) is 23.4 Å². The highest BCUT2D eigenvalue weighted by molar-refractivity contribution is 6.10. The molecule has 2 N–H and O–H groups in total. The van der Waals surface area contributed by atoms with Gasteiger partial charge in [0.25, 0.3) is 5.91 Å². The van der Waals surface area contributed by atoms with Gasteiger partial charge in [-0.1, -0.05) is 39.0 Å². The topological polar surface area (TPSA) is 112 Å². The number of benzene rings is 2. The van der Waals surface area contributed by atoms with E-state index in [9.17, 15) is 19.6 Å². The summed E-state index contributed by atoms with van der Waals surface area (Å²) >= 11 is 0. The zero-order valence-electron chi connectivity index (χ0n) is 20.3. The van der Waals surface area contributed by atoms with Gasteiger partial charge >= 0.3 is 6.03 Å². The number of anilines is 1. The summed E-state index contributed by atoms with van der Waals surface area (Å²) in [6, 6.07) is 15.3. The molecule has 1 saturated carbocycles. The SMILES string of the molecule is CC(C)(C)C1CCC2(CC1)NC(=O)N(CC(=O)Nc1ccc(Oc3ccccc3)c(C#N)c1)C2=O. The number of amides is 4. The number of nitrogens with zero attached hydrogens (tertiary/aromatic N) is 2. The molecule has 2 aromatic rings. The van der Waals surface area contributed by atoms with Gasteiger partial charge in [0.1, 0.15) is 29.7 Å². The molecule has 1 heterocycles. The summed E-state index contributed by atoms with van der Waals surface area (Å²) < 4.78 is 5.75. The number of nitrogens with one attached hydrogen (secondary N) is 2. The fourth-order valence-electron chi connectivity index (χ4n) is 4.88. The van der Waals surface area contributed by atoms with Gasteiger partial charge in [-0.3, -0.25) is 14.5 Å². The van der Waals surface area contributed by atoms with Crippen LogP contribution in [0.4, 0.5) is 10.5 Å². The number of rotatable bonds is 5. The average molecular weight is 475 g/mol. The molecule has 0 bridgehead atoms. The van der Waals surface area contributed by atoms with E-state index in [0.717, 1.165) is 17.7 Å². The van der Waals surface area contributed by atoms with Crippen LogP contribution in [0.3, 0.4) is 0 Å². The molecule has 2 fully saturated rings. The number of imide groups is 1. The Morgan fingerprint density at radius 1 is 1.17 bits per heavy atom. The molecule has 1 spiro atoms. The Hall–Kier alpha value is -3.86. The van der Waals surface area contributed by atoms with Gasteiger partial charge in [0.05, 0.1) is 5.56 Å². The van der Waals surface area contributed by atoms with Crippen LogP contribution >= 0.6 is 0 Å². The van der Waals surface area contributed by atoms with Crippen LogP contribution in [0.5, 0.6) is 11.5 Å². The Bertz CT molecular complexity index is 1170. The number of hydrogen-bond acceptors (Lipinski definition) is 5. The Morgan fingerprint density at radius 3 is 2.49 bits per heavy atom. The first-order valence-electron chi connectivity index (χ1n) is 11.8. The predicted octanol–water partition coefficient (Wildman–Crippen LogP) is 4.82. The van der Waals surface area contributed by atoms with Crippen molar-refractivity contribution in [1.82, 2.24) is 10.2 Å². The minimum Gasteiger partial charge on any atom is -0.456 e. The highest BCUT2D eigenvalue weighted by Crippen LogP contribution is 2.43. The molecule has 1 aliphatic carbocycles. The summed E-state index contributed by atoms with van der Waals surface area (Å²) in [5.74, 6) is 0.575. The number of para-hydroxylation sites is 1. The molecule has 8 heteroatoms. The van der Waals surface area contributed by atoms with Crippen LogP contribution in [0.2, 0.25) is 0 Å². The number of carbonyl (C=O) groups is 3. The number of hydrogen-bond donors (Lipinski definition) is 2. The lowest BCUT2D eigenvalue weighted by molar-refractivity contribution is -0.135. The van der Waals surface area contributed by atoms with Gasteiger partial charge in [0.2, 0.25) is 5.91 Å². The van der Waals surface area contributed by atoms with E-state index in [1.807, 2.05) is 18.2 Å². The van der Waals surface area contributed by atoms with Crippen molar-refractivity contribution in [3.8, 4) is 17.6 Å². The molecule has 1 saturated heterocycles. The van der Waals surface area contributed by atoms with Crippen LogP contribution < -0.4 is 15.4 Å². The maximum Gasteiger partial charge on any atom is 0.325 e. The Balaban J connectivity index is 1.39. The first-order chi connectivity index (χ1) is 16.6. The van der Waals surface area contributed by atoms with E-state index in [0.29, 0.717) is 35.9 Å². The van der Waals surface area contributed by atoms with E-state index >= 15 is 0 Å². The Morgan fingerprint density at radius 2 is 1.86 bits per heavy atom. The number of ether oxygens (including phenoxy) is 1. The van der Waals surface area contributed by atoms with E-state index in [1.165, 1.54) is 6.07 Å². The maximum atomic E-state index is 13.2. The lowest BCUT2D eigenvalue weighted by Gasteiger charge is -2.40. The molecule has 0 unspecified atom stereocenters. The quantitative estimate of drug-likeness (QED) is 0.604. The number of carbonyl (C=O) groups excluding carboxylic acids is 3. The van der Waals surface area contributed by atoms with Crippen molar-refractivity contribution in [2.24, 2.45) is 11.3 Å². The van der Waals surface area contributed by atoms with Crippen molar-refractivity contribution >= 4 is 23.5 Å². The summed E-state index contributed by atoms with van der Waals surface area (Å²) in [5.41, 5.74) is -0.143. The molecule has 2 aliphatic rings. The molecule has 0 radical (unpaired) electrons. The Labute approximate surface area is 205 Å². The first kappa shape index (κ1) is 24.3. The van der Waals surface area contributed by atoms with Gasteiger partial charge in [-0.15, -0.1) is 0 Å². The molecule has 8 nitrogen and oxygen atoms in total. The minimum absolute atomic E-state index is 0.150. The standard InChI is InChI=1S/C27H30N4O4/c1-26(2,3)19-11-13-27(14-12-19)24(33)31(25(34)30-27)17-23(32)29-20-9-10-22(18(15-20)16-28)35-21-7-5-4-6-8-21/h4-10,15,19H,11-14,17H2,1-3H3,(H,29,32)(H,30,34). The fourth-order valence-corrected chi connectivity index (χ4v) is 4.88. The summed E-state index contributed by atoms with van der Waals surface area (Å²) in [6.45, 7) is 6.19. The summed E-state index contributed by atoms with van der Waals surface area (Å²) in [6.07, 6.45) is 2.85. The van der Waals surface area contributed by atoms with Crippen LogP contribution in [-0.2, 0) is 9.59 Å². The molecule has 0 aromatic heterocycles. The number of nitriles is 1. The van der Waals surface area contributed by atoms with Gasteiger partial charge in [-0.05, 0) is 67.3 Å². The maximum absolute atomic E-state index is 13.2. The molecule has 4 amide bonds. The zero-order chi connectivity index (χ0) is 25.2. The monoisotopic (exact) mass is 474 g/mol. The normalized spacial score (nSPS) is 22.0. The largest absolute Gasteiger partial charge is 0.456 e. The third kappa shape index (κ3) is 5.14. The third-order valence-electron chi connectivity index (χ3n) is 6.97. The highest BCUT2D eigenvalue weighted by Gasteiger charge is 2.53. The molecular formula is C27H30N4O4. The summed E-state index contributed by atoms with van der Waals surface area (Å²) in [5, 5.41) is 15.0. The van der Waals surface area contributed by atoms with Crippen molar-refractivity contribution < 1.29 is 19.1 Å².